The SMILES string of the molecule is COc1ccccc1C1CC(NC(=O)CCl)C1. The fourth-order valence-corrected chi connectivity index (χ4v) is 2.34. The van der Waals surface area contributed by atoms with Crippen LogP contribution in [0.5, 0.6) is 5.75 Å². The van der Waals surface area contributed by atoms with Crippen LogP contribution in [-0.2, 0) is 4.79 Å². The molecule has 4 heteroatoms. The molecule has 1 aliphatic rings. The predicted octanol–water partition coefficient (Wildman–Crippen LogP) is 2.30. The van der Waals surface area contributed by atoms with Gasteiger partial charge in [0.25, 0.3) is 0 Å². The lowest BCUT2D eigenvalue weighted by Gasteiger charge is -2.36. The average molecular weight is 254 g/mol. The number of para-hydroxylation sites is 1. The van der Waals surface area contributed by atoms with E-state index in [9.17, 15) is 4.79 Å². The zero-order valence-corrected chi connectivity index (χ0v) is 10.5. The highest BCUT2D eigenvalue weighted by molar-refractivity contribution is 6.27. The van der Waals surface area contributed by atoms with Crippen LogP contribution in [0, 0.1) is 0 Å². The molecular weight excluding hydrogens is 238 g/mol. The third kappa shape index (κ3) is 2.72. The van der Waals surface area contributed by atoms with Crippen LogP contribution in [0.3, 0.4) is 0 Å². The van der Waals surface area contributed by atoms with Crippen LogP contribution in [0.15, 0.2) is 24.3 Å². The highest BCUT2D eigenvalue weighted by Crippen LogP contribution is 2.40. The van der Waals surface area contributed by atoms with Gasteiger partial charge < -0.3 is 10.1 Å². The minimum Gasteiger partial charge on any atom is -0.496 e. The molecule has 1 aliphatic carbocycles. The van der Waals surface area contributed by atoms with Crippen molar-refractivity contribution in [1.29, 1.82) is 0 Å². The summed E-state index contributed by atoms with van der Waals surface area (Å²) in [7, 11) is 1.68. The molecule has 0 saturated heterocycles. The first-order valence-corrected chi connectivity index (χ1v) is 6.26. The Balaban J connectivity index is 1.93. The van der Waals surface area contributed by atoms with Crippen LogP contribution in [0.2, 0.25) is 0 Å². The van der Waals surface area contributed by atoms with E-state index in [-0.39, 0.29) is 17.8 Å². The lowest BCUT2D eigenvalue weighted by Crippen LogP contribution is -2.43. The van der Waals surface area contributed by atoms with Gasteiger partial charge in [0, 0.05) is 6.04 Å². The van der Waals surface area contributed by atoms with Crippen molar-refractivity contribution in [3.63, 3.8) is 0 Å². The number of hydrogen-bond donors (Lipinski definition) is 1. The first-order valence-electron chi connectivity index (χ1n) is 5.73. The number of hydrogen-bond acceptors (Lipinski definition) is 2. The van der Waals surface area contributed by atoms with Crippen molar-refractivity contribution in [2.24, 2.45) is 0 Å². The summed E-state index contributed by atoms with van der Waals surface area (Å²) in [4.78, 5) is 11.1. The maximum absolute atomic E-state index is 11.1. The topological polar surface area (TPSA) is 38.3 Å². The predicted molar refractivity (Wildman–Crippen MR) is 67.6 cm³/mol. The third-order valence-corrected chi connectivity index (χ3v) is 3.45. The minimum absolute atomic E-state index is 0.0375. The fourth-order valence-electron chi connectivity index (χ4n) is 2.26. The number of amides is 1. The maximum atomic E-state index is 11.1. The van der Waals surface area contributed by atoms with Gasteiger partial charge in [-0.2, -0.15) is 0 Å². The van der Waals surface area contributed by atoms with E-state index in [0.717, 1.165) is 18.6 Å². The highest BCUT2D eigenvalue weighted by atomic mass is 35.5. The molecule has 0 radical (unpaired) electrons. The smallest absolute Gasteiger partial charge is 0.235 e. The fraction of sp³-hybridized carbons (Fsp3) is 0.462. The average Bonchev–Trinajstić information content (AvgIpc) is 2.33. The van der Waals surface area contributed by atoms with Crippen molar-refractivity contribution in [1.82, 2.24) is 5.32 Å². The number of ether oxygens (including phenoxy) is 1. The Bertz CT molecular complexity index is 402. The summed E-state index contributed by atoms with van der Waals surface area (Å²) >= 11 is 5.45. The maximum Gasteiger partial charge on any atom is 0.235 e. The summed E-state index contributed by atoms with van der Waals surface area (Å²) in [6, 6.07) is 8.30. The molecule has 1 saturated carbocycles. The molecule has 0 aromatic heterocycles. The summed E-state index contributed by atoms with van der Waals surface area (Å²) in [5.74, 6) is 1.36. The van der Waals surface area contributed by atoms with E-state index in [1.165, 1.54) is 5.56 Å². The van der Waals surface area contributed by atoms with Crippen molar-refractivity contribution in [3.8, 4) is 5.75 Å². The molecule has 0 aliphatic heterocycles. The van der Waals surface area contributed by atoms with E-state index in [0.29, 0.717) is 5.92 Å². The van der Waals surface area contributed by atoms with Gasteiger partial charge in [-0.25, -0.2) is 0 Å². The molecule has 1 aromatic carbocycles. The Morgan fingerprint density at radius 1 is 1.47 bits per heavy atom. The van der Waals surface area contributed by atoms with Crippen LogP contribution in [0.4, 0.5) is 0 Å². The van der Waals surface area contributed by atoms with Crippen LogP contribution in [0.1, 0.15) is 24.3 Å². The molecule has 1 N–H and O–H groups in total. The Kier molecular flexibility index (Phi) is 3.89. The number of carbonyl (C=O) groups excluding carboxylic acids is 1. The first kappa shape index (κ1) is 12.2. The van der Waals surface area contributed by atoms with Gasteiger partial charge in [-0.1, -0.05) is 18.2 Å². The zero-order chi connectivity index (χ0) is 12.3. The van der Waals surface area contributed by atoms with Gasteiger partial charge >= 0.3 is 0 Å². The molecule has 92 valence electrons. The molecule has 1 amide bonds. The lowest BCUT2D eigenvalue weighted by atomic mass is 9.75. The standard InChI is InChI=1S/C13H16ClNO2/c1-17-12-5-3-2-4-11(12)9-6-10(7-9)15-13(16)8-14/h2-5,9-10H,6-8H2,1H3,(H,15,16). The zero-order valence-electron chi connectivity index (χ0n) is 9.78. The molecule has 2 rings (SSSR count). The number of methoxy groups -OCH3 is 1. The molecule has 1 fully saturated rings. The van der Waals surface area contributed by atoms with Crippen molar-refractivity contribution < 1.29 is 9.53 Å². The molecule has 3 nitrogen and oxygen atoms in total. The molecular formula is C13H16ClNO2. The number of carbonyl (C=O) groups is 1. The summed E-state index contributed by atoms with van der Waals surface area (Å²) in [5.41, 5.74) is 1.23. The molecule has 0 spiro atoms. The second-order valence-corrected chi connectivity index (χ2v) is 4.58. The number of nitrogens with one attached hydrogen (secondary N) is 1. The van der Waals surface area contributed by atoms with Crippen LogP contribution >= 0.6 is 11.6 Å². The van der Waals surface area contributed by atoms with Crippen molar-refractivity contribution >= 4 is 17.5 Å². The van der Waals surface area contributed by atoms with Crippen molar-refractivity contribution in [3.05, 3.63) is 29.8 Å². The first-order chi connectivity index (χ1) is 8.24. The second kappa shape index (κ2) is 5.41. The summed E-state index contributed by atoms with van der Waals surface area (Å²) < 4.78 is 5.33. The van der Waals surface area contributed by atoms with Gasteiger partial charge in [0.15, 0.2) is 0 Å². The Morgan fingerprint density at radius 3 is 2.82 bits per heavy atom. The second-order valence-electron chi connectivity index (χ2n) is 4.31. The van der Waals surface area contributed by atoms with E-state index in [4.69, 9.17) is 16.3 Å². The number of halogens is 1. The van der Waals surface area contributed by atoms with E-state index >= 15 is 0 Å². The van der Waals surface area contributed by atoms with Gasteiger partial charge in [-0.15, -0.1) is 11.6 Å². The van der Waals surface area contributed by atoms with E-state index < -0.39 is 0 Å². The van der Waals surface area contributed by atoms with Crippen LogP contribution in [0.25, 0.3) is 0 Å². The summed E-state index contributed by atoms with van der Waals surface area (Å²) in [5, 5.41) is 2.89. The highest BCUT2D eigenvalue weighted by Gasteiger charge is 2.32. The van der Waals surface area contributed by atoms with Gasteiger partial charge in [0.05, 0.1) is 7.11 Å². The molecule has 0 bridgehead atoms. The van der Waals surface area contributed by atoms with Gasteiger partial charge in [-0.3, -0.25) is 4.79 Å². The van der Waals surface area contributed by atoms with E-state index in [1.807, 2.05) is 18.2 Å². The monoisotopic (exact) mass is 253 g/mol. The molecule has 0 atom stereocenters. The van der Waals surface area contributed by atoms with Gasteiger partial charge in [0.2, 0.25) is 5.91 Å². The van der Waals surface area contributed by atoms with Gasteiger partial charge in [0.1, 0.15) is 11.6 Å². The molecule has 17 heavy (non-hydrogen) atoms. The van der Waals surface area contributed by atoms with Crippen LogP contribution < -0.4 is 10.1 Å². The number of alkyl halides is 1. The Labute approximate surface area is 106 Å². The summed E-state index contributed by atoms with van der Waals surface area (Å²) in [6.07, 6.45) is 1.92. The van der Waals surface area contributed by atoms with Crippen molar-refractivity contribution in [2.45, 2.75) is 24.8 Å². The quantitative estimate of drug-likeness (QED) is 0.837. The molecule has 0 heterocycles. The Morgan fingerprint density at radius 2 is 2.18 bits per heavy atom. The van der Waals surface area contributed by atoms with Crippen LogP contribution in [-0.4, -0.2) is 24.9 Å². The Hall–Kier alpha value is -1.22. The van der Waals surface area contributed by atoms with Gasteiger partial charge in [-0.05, 0) is 30.4 Å². The third-order valence-electron chi connectivity index (χ3n) is 3.20. The van der Waals surface area contributed by atoms with E-state index in [2.05, 4.69) is 11.4 Å². The molecule has 0 unspecified atom stereocenters. The van der Waals surface area contributed by atoms with Crippen molar-refractivity contribution in [2.75, 3.05) is 13.0 Å². The summed E-state index contributed by atoms with van der Waals surface area (Å²) in [6.45, 7) is 0. The largest absolute Gasteiger partial charge is 0.496 e. The number of benzene rings is 1. The normalized spacial score (nSPS) is 22.7. The minimum atomic E-state index is -0.0878. The lowest BCUT2D eigenvalue weighted by molar-refractivity contribution is -0.120. The van der Waals surface area contributed by atoms with E-state index in [1.54, 1.807) is 7.11 Å². The molecule has 1 aromatic rings. The number of rotatable bonds is 4.